The molecule has 0 bridgehead atoms. The summed E-state index contributed by atoms with van der Waals surface area (Å²) in [5.74, 6) is -1.08. The molecule has 0 spiro atoms. The molecular formula is C16H16O4S. The minimum atomic E-state index is -3.44. The van der Waals surface area contributed by atoms with Crippen LogP contribution < -0.4 is 0 Å². The van der Waals surface area contributed by atoms with E-state index in [9.17, 15) is 13.2 Å². The molecule has 0 atom stereocenters. The lowest BCUT2D eigenvalue weighted by molar-refractivity contribution is 0.0697. The van der Waals surface area contributed by atoms with Crippen molar-refractivity contribution in [2.75, 3.05) is 6.26 Å². The van der Waals surface area contributed by atoms with E-state index in [1.807, 2.05) is 32.0 Å². The fourth-order valence-electron chi connectivity index (χ4n) is 2.34. The van der Waals surface area contributed by atoms with E-state index in [0.717, 1.165) is 17.4 Å². The van der Waals surface area contributed by atoms with E-state index in [-0.39, 0.29) is 10.5 Å². The zero-order valence-corrected chi connectivity index (χ0v) is 12.9. The van der Waals surface area contributed by atoms with Crippen LogP contribution in [0.15, 0.2) is 41.3 Å². The topological polar surface area (TPSA) is 71.4 Å². The predicted molar refractivity (Wildman–Crippen MR) is 81.4 cm³/mol. The first-order chi connectivity index (χ1) is 9.68. The van der Waals surface area contributed by atoms with Crippen LogP contribution in [0, 0.1) is 13.8 Å². The number of sulfone groups is 1. The summed E-state index contributed by atoms with van der Waals surface area (Å²) in [6, 6.07) is 9.75. The van der Waals surface area contributed by atoms with E-state index >= 15 is 0 Å². The lowest BCUT2D eigenvalue weighted by Crippen LogP contribution is -2.03. The van der Waals surface area contributed by atoms with Crippen molar-refractivity contribution in [3.8, 4) is 11.1 Å². The molecule has 2 aromatic rings. The van der Waals surface area contributed by atoms with Gasteiger partial charge in [0.25, 0.3) is 0 Å². The molecule has 2 rings (SSSR count). The second-order valence-electron chi connectivity index (χ2n) is 5.16. The Balaban J connectivity index is 2.80. The first-order valence-corrected chi connectivity index (χ1v) is 8.23. The molecule has 0 aromatic heterocycles. The second kappa shape index (κ2) is 5.33. The Hall–Kier alpha value is -2.14. The molecule has 1 N–H and O–H groups in total. The van der Waals surface area contributed by atoms with Crippen LogP contribution in [0.1, 0.15) is 21.5 Å². The number of hydrogen-bond acceptors (Lipinski definition) is 3. The number of aryl methyl sites for hydroxylation is 2. The van der Waals surface area contributed by atoms with Gasteiger partial charge in [0.2, 0.25) is 0 Å². The molecule has 0 fully saturated rings. The normalized spacial score (nSPS) is 11.4. The van der Waals surface area contributed by atoms with Gasteiger partial charge in [-0.3, -0.25) is 0 Å². The second-order valence-corrected chi connectivity index (χ2v) is 7.15. The van der Waals surface area contributed by atoms with Gasteiger partial charge >= 0.3 is 5.97 Å². The molecule has 5 heteroatoms. The Morgan fingerprint density at radius 2 is 1.57 bits per heavy atom. The fourth-order valence-corrected chi connectivity index (χ4v) is 3.23. The van der Waals surface area contributed by atoms with Crippen molar-refractivity contribution in [2.24, 2.45) is 0 Å². The summed E-state index contributed by atoms with van der Waals surface area (Å²) in [5.41, 5.74) is 3.17. The summed E-state index contributed by atoms with van der Waals surface area (Å²) in [6.45, 7) is 3.83. The van der Waals surface area contributed by atoms with Gasteiger partial charge in [-0.05, 0) is 37.6 Å². The highest BCUT2D eigenvalue weighted by molar-refractivity contribution is 7.90. The Bertz CT molecular complexity index is 800. The number of carboxylic acids is 1. The minimum absolute atomic E-state index is 0.0663. The average Bonchev–Trinajstić information content (AvgIpc) is 2.35. The van der Waals surface area contributed by atoms with Crippen LogP contribution in [0.3, 0.4) is 0 Å². The van der Waals surface area contributed by atoms with E-state index in [2.05, 4.69) is 0 Å². The van der Waals surface area contributed by atoms with E-state index < -0.39 is 15.8 Å². The minimum Gasteiger partial charge on any atom is -0.478 e. The van der Waals surface area contributed by atoms with Crippen molar-refractivity contribution in [1.29, 1.82) is 0 Å². The molecule has 0 amide bonds. The number of hydrogen-bond donors (Lipinski definition) is 1. The molecule has 0 aliphatic rings. The SMILES string of the molecule is Cc1cc(C)cc(-c2cc(C(=O)O)ccc2S(C)(=O)=O)c1. The standard InChI is InChI=1S/C16H16O4S/c1-10-6-11(2)8-13(7-10)14-9-12(16(17)18)4-5-15(14)21(3,19)20/h4-9H,1-3H3,(H,17,18). The molecule has 2 aromatic carbocycles. The zero-order chi connectivity index (χ0) is 15.8. The molecule has 21 heavy (non-hydrogen) atoms. The Morgan fingerprint density at radius 1 is 1.00 bits per heavy atom. The van der Waals surface area contributed by atoms with Crippen LogP contribution >= 0.6 is 0 Å². The van der Waals surface area contributed by atoms with Crippen molar-refractivity contribution in [3.05, 3.63) is 53.1 Å². The number of carbonyl (C=O) groups is 1. The zero-order valence-electron chi connectivity index (χ0n) is 12.0. The highest BCUT2D eigenvalue weighted by Crippen LogP contribution is 2.30. The third-order valence-electron chi connectivity index (χ3n) is 3.16. The van der Waals surface area contributed by atoms with Gasteiger partial charge < -0.3 is 5.11 Å². The Labute approximate surface area is 124 Å². The summed E-state index contributed by atoms with van der Waals surface area (Å²) < 4.78 is 23.9. The summed E-state index contributed by atoms with van der Waals surface area (Å²) in [5, 5.41) is 9.11. The Kier molecular flexibility index (Phi) is 3.87. The van der Waals surface area contributed by atoms with Gasteiger partial charge in [0, 0.05) is 11.8 Å². The van der Waals surface area contributed by atoms with Crippen LogP contribution in [0.4, 0.5) is 0 Å². The van der Waals surface area contributed by atoms with Crippen LogP contribution in [0.5, 0.6) is 0 Å². The van der Waals surface area contributed by atoms with E-state index in [1.54, 1.807) is 0 Å². The molecule has 0 heterocycles. The molecule has 4 nitrogen and oxygen atoms in total. The maximum absolute atomic E-state index is 11.9. The first kappa shape index (κ1) is 15.3. The number of rotatable bonds is 3. The van der Waals surface area contributed by atoms with Crippen LogP contribution in [0.2, 0.25) is 0 Å². The summed E-state index contributed by atoms with van der Waals surface area (Å²) in [7, 11) is -3.44. The maximum atomic E-state index is 11.9. The first-order valence-electron chi connectivity index (χ1n) is 6.34. The lowest BCUT2D eigenvalue weighted by atomic mass is 9.99. The van der Waals surface area contributed by atoms with Crippen LogP contribution in [-0.4, -0.2) is 25.7 Å². The molecule has 0 saturated heterocycles. The van der Waals surface area contributed by atoms with Gasteiger partial charge in [0.05, 0.1) is 10.5 Å². The van der Waals surface area contributed by atoms with Crippen LogP contribution in [-0.2, 0) is 9.84 Å². The summed E-state index contributed by atoms with van der Waals surface area (Å²) >= 11 is 0. The van der Waals surface area contributed by atoms with Crippen molar-refractivity contribution >= 4 is 15.8 Å². The largest absolute Gasteiger partial charge is 0.478 e. The van der Waals surface area contributed by atoms with Crippen molar-refractivity contribution in [1.82, 2.24) is 0 Å². The van der Waals surface area contributed by atoms with E-state index in [0.29, 0.717) is 11.1 Å². The fraction of sp³-hybridized carbons (Fsp3) is 0.188. The molecule has 0 saturated carbocycles. The predicted octanol–water partition coefficient (Wildman–Crippen LogP) is 3.07. The smallest absolute Gasteiger partial charge is 0.335 e. The van der Waals surface area contributed by atoms with E-state index in [4.69, 9.17) is 5.11 Å². The monoisotopic (exact) mass is 304 g/mol. The van der Waals surface area contributed by atoms with Gasteiger partial charge in [0.1, 0.15) is 0 Å². The quantitative estimate of drug-likeness (QED) is 0.946. The van der Waals surface area contributed by atoms with Gasteiger partial charge in [-0.25, -0.2) is 13.2 Å². The maximum Gasteiger partial charge on any atom is 0.335 e. The average molecular weight is 304 g/mol. The summed E-state index contributed by atoms with van der Waals surface area (Å²) in [4.78, 5) is 11.3. The highest BCUT2D eigenvalue weighted by Gasteiger charge is 2.17. The third-order valence-corrected chi connectivity index (χ3v) is 4.31. The van der Waals surface area contributed by atoms with Crippen molar-refractivity contribution in [3.63, 3.8) is 0 Å². The van der Waals surface area contributed by atoms with Gasteiger partial charge in [-0.1, -0.05) is 29.3 Å². The third kappa shape index (κ3) is 3.31. The van der Waals surface area contributed by atoms with Gasteiger partial charge in [-0.2, -0.15) is 0 Å². The number of aromatic carboxylic acids is 1. The number of carboxylic acid groups (broad SMARTS) is 1. The van der Waals surface area contributed by atoms with Gasteiger partial charge in [-0.15, -0.1) is 0 Å². The van der Waals surface area contributed by atoms with Crippen LogP contribution in [0.25, 0.3) is 11.1 Å². The molecule has 110 valence electrons. The Morgan fingerprint density at radius 3 is 2.05 bits per heavy atom. The van der Waals surface area contributed by atoms with Gasteiger partial charge in [0.15, 0.2) is 9.84 Å². The molecule has 0 unspecified atom stereocenters. The summed E-state index contributed by atoms with van der Waals surface area (Å²) in [6.07, 6.45) is 1.12. The molecule has 0 radical (unpaired) electrons. The lowest BCUT2D eigenvalue weighted by Gasteiger charge is -2.11. The molecular weight excluding hydrogens is 288 g/mol. The van der Waals surface area contributed by atoms with Crippen molar-refractivity contribution < 1.29 is 18.3 Å². The highest BCUT2D eigenvalue weighted by atomic mass is 32.2. The van der Waals surface area contributed by atoms with Crippen molar-refractivity contribution in [2.45, 2.75) is 18.7 Å². The van der Waals surface area contributed by atoms with E-state index in [1.165, 1.54) is 18.2 Å². The molecule has 0 aliphatic carbocycles. The number of benzene rings is 2. The molecule has 0 aliphatic heterocycles.